The van der Waals surface area contributed by atoms with Crippen molar-refractivity contribution in [3.05, 3.63) is 63.0 Å². The summed E-state index contributed by atoms with van der Waals surface area (Å²) in [6.07, 6.45) is 0.684. The Bertz CT molecular complexity index is 1070. The fourth-order valence-corrected chi connectivity index (χ4v) is 3.89. The largest absolute Gasteiger partial charge is 0.478 e. The van der Waals surface area contributed by atoms with E-state index in [0.717, 1.165) is 16.9 Å². The van der Waals surface area contributed by atoms with E-state index in [-0.39, 0.29) is 29.3 Å². The lowest BCUT2D eigenvalue weighted by Gasteiger charge is -2.15. The molecular formula is C20H21N3O4S. The van der Waals surface area contributed by atoms with E-state index in [9.17, 15) is 19.5 Å². The molecule has 2 heterocycles. The molecular weight excluding hydrogens is 378 g/mol. The van der Waals surface area contributed by atoms with Crippen molar-refractivity contribution in [3.8, 4) is 0 Å². The summed E-state index contributed by atoms with van der Waals surface area (Å²) in [5.41, 5.74) is 0.534. The number of carbonyl (C=O) groups is 2. The molecule has 0 fully saturated rings. The Morgan fingerprint density at radius 1 is 1.25 bits per heavy atom. The van der Waals surface area contributed by atoms with Crippen LogP contribution in [0.15, 0.2) is 40.5 Å². The first-order valence-electron chi connectivity index (χ1n) is 8.94. The van der Waals surface area contributed by atoms with Crippen LogP contribution in [0.2, 0.25) is 0 Å². The monoisotopic (exact) mass is 399 g/mol. The van der Waals surface area contributed by atoms with Crippen LogP contribution in [0.3, 0.4) is 0 Å². The minimum atomic E-state index is -1.18. The fourth-order valence-electron chi connectivity index (χ4n) is 2.98. The quantitative estimate of drug-likeness (QED) is 0.636. The van der Waals surface area contributed by atoms with Gasteiger partial charge in [-0.05, 0) is 12.0 Å². The van der Waals surface area contributed by atoms with Gasteiger partial charge in [-0.3, -0.25) is 14.2 Å². The second kappa shape index (κ2) is 8.35. The number of aromatic nitrogens is 2. The molecule has 0 spiro atoms. The van der Waals surface area contributed by atoms with Crippen molar-refractivity contribution in [2.75, 3.05) is 6.54 Å². The third kappa shape index (κ3) is 4.12. The molecule has 0 unspecified atom stereocenters. The molecule has 2 aromatic heterocycles. The molecule has 2 N–H and O–H groups in total. The van der Waals surface area contributed by atoms with Crippen molar-refractivity contribution in [1.29, 1.82) is 0 Å². The molecule has 3 aromatic rings. The first-order chi connectivity index (χ1) is 13.4. The van der Waals surface area contributed by atoms with Crippen molar-refractivity contribution in [2.45, 2.75) is 32.7 Å². The molecule has 8 heteroatoms. The standard InChI is InChI=1S/C20H21N3O4S/c1-12(2)17-22-18-16(14(11-28-18)20(26)27)19(25)23(17)10-15(24)21-9-8-13-6-4-3-5-7-13/h3-7,11-12H,8-10H2,1-2H3,(H,21,24)(H,26,27). The summed E-state index contributed by atoms with van der Waals surface area (Å²) in [7, 11) is 0. The van der Waals surface area contributed by atoms with E-state index in [0.29, 0.717) is 23.6 Å². The molecule has 146 valence electrons. The summed E-state index contributed by atoms with van der Waals surface area (Å²) in [5, 5.41) is 13.6. The second-order valence-electron chi connectivity index (χ2n) is 6.74. The summed E-state index contributed by atoms with van der Waals surface area (Å²) in [4.78, 5) is 41.6. The molecule has 0 aliphatic carbocycles. The van der Waals surface area contributed by atoms with Crippen LogP contribution in [-0.4, -0.2) is 33.1 Å². The van der Waals surface area contributed by atoms with Gasteiger partial charge in [0.25, 0.3) is 5.56 Å². The van der Waals surface area contributed by atoms with E-state index in [1.165, 1.54) is 9.95 Å². The van der Waals surface area contributed by atoms with E-state index in [1.54, 1.807) is 0 Å². The molecule has 28 heavy (non-hydrogen) atoms. The van der Waals surface area contributed by atoms with Gasteiger partial charge in [-0.25, -0.2) is 9.78 Å². The Morgan fingerprint density at radius 2 is 1.96 bits per heavy atom. The molecule has 0 saturated carbocycles. The first-order valence-corrected chi connectivity index (χ1v) is 9.82. The number of thiophene rings is 1. The van der Waals surface area contributed by atoms with Gasteiger partial charge in [-0.15, -0.1) is 11.3 Å². The number of carbonyl (C=O) groups excluding carboxylic acids is 1. The summed E-state index contributed by atoms with van der Waals surface area (Å²) in [6, 6.07) is 9.77. The van der Waals surface area contributed by atoms with Crippen molar-refractivity contribution < 1.29 is 14.7 Å². The summed E-state index contributed by atoms with van der Waals surface area (Å²) in [5.74, 6) is -1.12. The van der Waals surface area contributed by atoms with Crippen molar-refractivity contribution >= 4 is 33.4 Å². The third-order valence-corrected chi connectivity index (χ3v) is 5.22. The maximum Gasteiger partial charge on any atom is 0.337 e. The number of aromatic carboxylic acids is 1. The zero-order chi connectivity index (χ0) is 20.3. The van der Waals surface area contributed by atoms with E-state index >= 15 is 0 Å². The molecule has 7 nitrogen and oxygen atoms in total. The van der Waals surface area contributed by atoms with E-state index in [1.807, 2.05) is 44.2 Å². The molecule has 0 saturated heterocycles. The van der Waals surface area contributed by atoms with Crippen molar-refractivity contribution in [1.82, 2.24) is 14.9 Å². The van der Waals surface area contributed by atoms with Gasteiger partial charge in [0.15, 0.2) is 0 Å². The lowest BCUT2D eigenvalue weighted by Crippen LogP contribution is -2.35. The minimum absolute atomic E-state index is 0.0546. The van der Waals surface area contributed by atoms with Crippen LogP contribution in [0, 0.1) is 0 Å². The van der Waals surface area contributed by atoms with Gasteiger partial charge in [0.1, 0.15) is 17.2 Å². The van der Waals surface area contributed by atoms with Crippen molar-refractivity contribution in [2.24, 2.45) is 0 Å². The molecule has 0 radical (unpaired) electrons. The van der Waals surface area contributed by atoms with Gasteiger partial charge in [0.05, 0.1) is 10.9 Å². The molecule has 1 amide bonds. The average molecular weight is 399 g/mol. The Hall–Kier alpha value is -3.00. The predicted octanol–water partition coefficient (Wildman–Crippen LogP) is 2.64. The molecule has 0 aliphatic heterocycles. The molecule has 0 bridgehead atoms. The van der Waals surface area contributed by atoms with E-state index in [2.05, 4.69) is 10.3 Å². The molecule has 0 aliphatic rings. The number of benzene rings is 1. The van der Waals surface area contributed by atoms with Crippen LogP contribution in [0.5, 0.6) is 0 Å². The smallest absolute Gasteiger partial charge is 0.337 e. The van der Waals surface area contributed by atoms with Crippen molar-refractivity contribution in [3.63, 3.8) is 0 Å². The highest BCUT2D eigenvalue weighted by molar-refractivity contribution is 7.17. The van der Waals surface area contributed by atoms with Crippen LogP contribution in [-0.2, 0) is 17.8 Å². The molecule has 0 atom stereocenters. The maximum absolute atomic E-state index is 13.0. The lowest BCUT2D eigenvalue weighted by atomic mass is 10.1. The number of hydrogen-bond acceptors (Lipinski definition) is 5. The van der Waals surface area contributed by atoms with Crippen LogP contribution in [0.25, 0.3) is 10.2 Å². The highest BCUT2D eigenvalue weighted by Gasteiger charge is 2.21. The number of carboxylic acid groups (broad SMARTS) is 1. The zero-order valence-electron chi connectivity index (χ0n) is 15.6. The van der Waals surface area contributed by atoms with E-state index < -0.39 is 11.5 Å². The molecule has 3 rings (SSSR count). The number of amides is 1. The van der Waals surface area contributed by atoms with Gasteiger partial charge in [0, 0.05) is 17.8 Å². The number of nitrogens with zero attached hydrogens (tertiary/aromatic N) is 2. The number of carboxylic acids is 1. The molecule has 1 aromatic carbocycles. The first kappa shape index (κ1) is 19.8. The SMILES string of the molecule is CC(C)c1nc2scc(C(=O)O)c2c(=O)n1CC(=O)NCCc1ccccc1. The summed E-state index contributed by atoms with van der Waals surface area (Å²) >= 11 is 1.12. The minimum Gasteiger partial charge on any atom is -0.478 e. The lowest BCUT2D eigenvalue weighted by molar-refractivity contribution is -0.121. The van der Waals surface area contributed by atoms with Gasteiger partial charge in [-0.1, -0.05) is 44.2 Å². The predicted molar refractivity (Wildman–Crippen MR) is 108 cm³/mol. The van der Waals surface area contributed by atoms with Gasteiger partial charge < -0.3 is 10.4 Å². The van der Waals surface area contributed by atoms with Crippen LogP contribution >= 0.6 is 11.3 Å². The Morgan fingerprint density at radius 3 is 2.61 bits per heavy atom. The maximum atomic E-state index is 13.0. The highest BCUT2D eigenvalue weighted by Crippen LogP contribution is 2.23. The number of nitrogens with one attached hydrogen (secondary N) is 1. The second-order valence-corrected chi connectivity index (χ2v) is 7.59. The average Bonchev–Trinajstić information content (AvgIpc) is 3.09. The normalized spacial score (nSPS) is 11.1. The van der Waals surface area contributed by atoms with Gasteiger partial charge in [-0.2, -0.15) is 0 Å². The third-order valence-electron chi connectivity index (χ3n) is 4.35. The van der Waals surface area contributed by atoms with Crippen LogP contribution in [0.1, 0.15) is 41.5 Å². The zero-order valence-corrected chi connectivity index (χ0v) is 16.5. The highest BCUT2D eigenvalue weighted by atomic mass is 32.1. The van der Waals surface area contributed by atoms with E-state index in [4.69, 9.17) is 0 Å². The van der Waals surface area contributed by atoms with Crippen LogP contribution in [0.4, 0.5) is 0 Å². The number of hydrogen-bond donors (Lipinski definition) is 2. The summed E-state index contributed by atoms with van der Waals surface area (Å²) in [6.45, 7) is 4.01. The summed E-state index contributed by atoms with van der Waals surface area (Å²) < 4.78 is 1.28. The topological polar surface area (TPSA) is 101 Å². The van der Waals surface area contributed by atoms with Gasteiger partial charge >= 0.3 is 5.97 Å². The van der Waals surface area contributed by atoms with Crippen LogP contribution < -0.4 is 10.9 Å². The Kier molecular flexibility index (Phi) is 5.89. The van der Waals surface area contributed by atoms with Gasteiger partial charge in [0.2, 0.25) is 5.91 Å². The Balaban J connectivity index is 1.84. The number of fused-ring (bicyclic) bond motifs is 1. The number of rotatable bonds is 7. The fraction of sp³-hybridized carbons (Fsp3) is 0.300. The Labute approximate surface area is 165 Å².